The number of amides is 1. The summed E-state index contributed by atoms with van der Waals surface area (Å²) in [6, 6.07) is 0.634. The predicted octanol–water partition coefficient (Wildman–Crippen LogP) is 2.02. The Bertz CT molecular complexity index is 346. The molecule has 5 heteroatoms. The summed E-state index contributed by atoms with van der Waals surface area (Å²) in [6.07, 6.45) is 3.24. The largest absolute Gasteiger partial charge is 0.444 e. The van der Waals surface area contributed by atoms with E-state index in [-0.39, 0.29) is 6.09 Å². The van der Waals surface area contributed by atoms with Gasteiger partial charge in [-0.15, -0.1) is 0 Å². The highest BCUT2D eigenvalue weighted by molar-refractivity contribution is 5.68. The quantitative estimate of drug-likeness (QED) is 0.742. The Morgan fingerprint density at radius 1 is 1.00 bits per heavy atom. The molecule has 0 unspecified atom stereocenters. The van der Waals surface area contributed by atoms with Crippen molar-refractivity contribution in [2.45, 2.75) is 51.7 Å². The van der Waals surface area contributed by atoms with Crippen molar-refractivity contribution in [3.63, 3.8) is 0 Å². The van der Waals surface area contributed by atoms with Gasteiger partial charge in [-0.1, -0.05) is 0 Å². The zero-order valence-electron chi connectivity index (χ0n) is 14.1. The normalized spacial score (nSPS) is 23.9. The SMILES string of the molecule is CN1CCCN(C2CCN(C(=O)OC(C)(C)C)CC2)CC1. The van der Waals surface area contributed by atoms with Crippen LogP contribution in [0.1, 0.15) is 40.0 Å². The average molecular weight is 297 g/mol. The van der Waals surface area contributed by atoms with Gasteiger partial charge in [0.25, 0.3) is 0 Å². The number of nitrogens with zero attached hydrogens (tertiary/aromatic N) is 3. The molecule has 5 nitrogen and oxygen atoms in total. The van der Waals surface area contributed by atoms with E-state index in [1.165, 1.54) is 19.5 Å². The fourth-order valence-electron chi connectivity index (χ4n) is 3.17. The van der Waals surface area contributed by atoms with Crippen molar-refractivity contribution in [1.29, 1.82) is 0 Å². The van der Waals surface area contributed by atoms with E-state index >= 15 is 0 Å². The molecule has 0 bridgehead atoms. The van der Waals surface area contributed by atoms with E-state index < -0.39 is 5.60 Å². The molecule has 0 spiro atoms. The molecule has 0 N–H and O–H groups in total. The number of piperidine rings is 1. The van der Waals surface area contributed by atoms with Crippen molar-refractivity contribution in [2.75, 3.05) is 46.3 Å². The molecule has 1 amide bonds. The van der Waals surface area contributed by atoms with Gasteiger partial charge in [0, 0.05) is 32.2 Å². The van der Waals surface area contributed by atoms with Gasteiger partial charge in [-0.2, -0.15) is 0 Å². The van der Waals surface area contributed by atoms with E-state index in [2.05, 4.69) is 16.8 Å². The molecular formula is C16H31N3O2. The first-order chi connectivity index (χ1) is 9.85. The van der Waals surface area contributed by atoms with E-state index in [1.807, 2.05) is 25.7 Å². The topological polar surface area (TPSA) is 36.0 Å². The van der Waals surface area contributed by atoms with Crippen LogP contribution in [0.3, 0.4) is 0 Å². The van der Waals surface area contributed by atoms with Crippen molar-refractivity contribution in [2.24, 2.45) is 0 Å². The lowest BCUT2D eigenvalue weighted by molar-refractivity contribution is 0.0146. The molecule has 0 atom stereocenters. The van der Waals surface area contributed by atoms with Crippen molar-refractivity contribution >= 4 is 6.09 Å². The lowest BCUT2D eigenvalue weighted by Gasteiger charge is -2.38. The summed E-state index contributed by atoms with van der Waals surface area (Å²) in [5, 5.41) is 0. The van der Waals surface area contributed by atoms with Gasteiger partial charge in [0.05, 0.1) is 0 Å². The molecular weight excluding hydrogens is 266 g/mol. The highest BCUT2D eigenvalue weighted by atomic mass is 16.6. The van der Waals surface area contributed by atoms with Crippen molar-refractivity contribution in [3.05, 3.63) is 0 Å². The van der Waals surface area contributed by atoms with Gasteiger partial charge in [0.2, 0.25) is 0 Å². The van der Waals surface area contributed by atoms with Gasteiger partial charge in [0.15, 0.2) is 0 Å². The summed E-state index contributed by atoms with van der Waals surface area (Å²) in [4.78, 5) is 19.0. The third kappa shape index (κ3) is 5.15. The smallest absolute Gasteiger partial charge is 0.410 e. The second-order valence-corrected chi connectivity index (χ2v) is 7.39. The van der Waals surface area contributed by atoms with E-state index in [9.17, 15) is 4.79 Å². The number of hydrogen-bond donors (Lipinski definition) is 0. The molecule has 0 radical (unpaired) electrons. The number of rotatable bonds is 1. The van der Waals surface area contributed by atoms with Gasteiger partial charge in [0.1, 0.15) is 5.60 Å². The summed E-state index contributed by atoms with van der Waals surface area (Å²) in [5.41, 5.74) is -0.400. The summed E-state index contributed by atoms with van der Waals surface area (Å²) in [5.74, 6) is 0. The minimum absolute atomic E-state index is 0.156. The third-order valence-electron chi connectivity index (χ3n) is 4.39. The van der Waals surface area contributed by atoms with Crippen molar-refractivity contribution < 1.29 is 9.53 Å². The second kappa shape index (κ2) is 6.97. The highest BCUT2D eigenvalue weighted by Gasteiger charge is 2.29. The van der Waals surface area contributed by atoms with Crippen LogP contribution < -0.4 is 0 Å². The molecule has 0 aromatic rings. The van der Waals surface area contributed by atoms with Crippen LogP contribution in [0, 0.1) is 0 Å². The Balaban J connectivity index is 1.79. The first-order valence-electron chi connectivity index (χ1n) is 8.26. The highest BCUT2D eigenvalue weighted by Crippen LogP contribution is 2.20. The number of carbonyl (C=O) groups excluding carboxylic acids is 1. The van der Waals surface area contributed by atoms with Crippen LogP contribution in [-0.2, 0) is 4.74 Å². The fraction of sp³-hybridized carbons (Fsp3) is 0.938. The molecule has 0 aliphatic carbocycles. The van der Waals surface area contributed by atoms with Crippen LogP contribution in [0.2, 0.25) is 0 Å². The monoisotopic (exact) mass is 297 g/mol. The summed E-state index contributed by atoms with van der Waals surface area (Å²) in [6.45, 7) is 12.1. The fourth-order valence-corrected chi connectivity index (χ4v) is 3.17. The third-order valence-corrected chi connectivity index (χ3v) is 4.39. The molecule has 122 valence electrons. The molecule has 0 saturated carbocycles. The van der Waals surface area contributed by atoms with E-state index in [4.69, 9.17) is 4.74 Å². The Labute approximate surface area is 129 Å². The number of carbonyl (C=O) groups is 1. The van der Waals surface area contributed by atoms with Gasteiger partial charge in [-0.05, 0) is 60.2 Å². The average Bonchev–Trinajstić information content (AvgIpc) is 2.62. The number of ether oxygens (including phenoxy) is 1. The van der Waals surface area contributed by atoms with Crippen LogP contribution in [-0.4, -0.2) is 78.8 Å². The lowest BCUT2D eigenvalue weighted by atomic mass is 10.0. The van der Waals surface area contributed by atoms with Crippen molar-refractivity contribution in [1.82, 2.24) is 14.7 Å². The van der Waals surface area contributed by atoms with Crippen LogP contribution in [0.4, 0.5) is 4.79 Å². The lowest BCUT2D eigenvalue weighted by Crippen LogP contribution is -2.48. The summed E-state index contributed by atoms with van der Waals surface area (Å²) in [7, 11) is 2.20. The van der Waals surface area contributed by atoms with Crippen LogP contribution in [0.5, 0.6) is 0 Å². The molecule has 2 rings (SSSR count). The molecule has 2 saturated heterocycles. The van der Waals surface area contributed by atoms with E-state index in [1.54, 1.807) is 0 Å². The standard InChI is InChI=1S/C16H31N3O2/c1-16(2,3)21-15(20)19-10-6-14(7-11-19)18-9-5-8-17(4)12-13-18/h14H,5-13H2,1-4H3. The Kier molecular flexibility index (Phi) is 5.49. The molecule has 2 aliphatic rings. The minimum Gasteiger partial charge on any atom is -0.444 e. The number of hydrogen-bond acceptors (Lipinski definition) is 4. The van der Waals surface area contributed by atoms with Gasteiger partial charge in [-0.3, -0.25) is 4.90 Å². The Hall–Kier alpha value is -0.810. The van der Waals surface area contributed by atoms with Gasteiger partial charge >= 0.3 is 6.09 Å². The molecule has 2 heterocycles. The van der Waals surface area contributed by atoms with E-state index in [0.717, 1.165) is 39.0 Å². The van der Waals surface area contributed by atoms with Crippen LogP contribution in [0.15, 0.2) is 0 Å². The number of likely N-dealkylation sites (tertiary alicyclic amines) is 1. The maximum absolute atomic E-state index is 12.1. The summed E-state index contributed by atoms with van der Waals surface area (Å²) >= 11 is 0. The Morgan fingerprint density at radius 2 is 1.67 bits per heavy atom. The number of likely N-dealkylation sites (N-methyl/N-ethyl adjacent to an activating group) is 1. The Morgan fingerprint density at radius 3 is 2.29 bits per heavy atom. The van der Waals surface area contributed by atoms with Crippen molar-refractivity contribution in [3.8, 4) is 0 Å². The predicted molar refractivity (Wildman–Crippen MR) is 84.5 cm³/mol. The maximum atomic E-state index is 12.1. The maximum Gasteiger partial charge on any atom is 0.410 e. The summed E-state index contributed by atoms with van der Waals surface area (Å²) < 4.78 is 5.46. The molecule has 0 aromatic heterocycles. The van der Waals surface area contributed by atoms with Crippen LogP contribution >= 0.6 is 0 Å². The zero-order chi connectivity index (χ0) is 15.5. The molecule has 0 aromatic carbocycles. The molecule has 2 fully saturated rings. The van der Waals surface area contributed by atoms with Crippen LogP contribution in [0.25, 0.3) is 0 Å². The zero-order valence-corrected chi connectivity index (χ0v) is 14.1. The second-order valence-electron chi connectivity index (χ2n) is 7.39. The molecule has 21 heavy (non-hydrogen) atoms. The first kappa shape index (κ1) is 16.6. The van der Waals surface area contributed by atoms with Gasteiger partial charge < -0.3 is 14.5 Å². The van der Waals surface area contributed by atoms with E-state index in [0.29, 0.717) is 6.04 Å². The first-order valence-corrected chi connectivity index (χ1v) is 8.26. The minimum atomic E-state index is -0.400. The molecule has 2 aliphatic heterocycles. The van der Waals surface area contributed by atoms with Gasteiger partial charge in [-0.25, -0.2) is 4.79 Å².